The van der Waals surface area contributed by atoms with Gasteiger partial charge in [-0.2, -0.15) is 5.10 Å². The molecule has 7 nitrogen and oxygen atoms in total. The molecule has 8 heteroatoms. The van der Waals surface area contributed by atoms with E-state index in [0.717, 1.165) is 48.9 Å². The van der Waals surface area contributed by atoms with Crippen molar-refractivity contribution in [2.75, 3.05) is 40.5 Å². The second-order valence-corrected chi connectivity index (χ2v) is 8.95. The Morgan fingerprint density at radius 2 is 2.00 bits per heavy atom. The number of amides is 1. The maximum absolute atomic E-state index is 14.3. The van der Waals surface area contributed by atoms with Crippen molar-refractivity contribution in [3.63, 3.8) is 0 Å². The maximum Gasteiger partial charge on any atom is 0.251 e. The lowest BCUT2D eigenvalue weighted by Crippen LogP contribution is -2.34. The lowest BCUT2D eigenvalue weighted by atomic mass is 9.96. The molecular weight excluding hydrogens is 435 g/mol. The molecule has 4 rings (SSSR count). The number of methoxy groups -OCH3 is 2. The van der Waals surface area contributed by atoms with Crippen LogP contribution in [0.2, 0.25) is 0 Å². The molecule has 34 heavy (non-hydrogen) atoms. The number of benzene rings is 2. The Bertz CT molecular complexity index is 1140. The molecule has 0 aliphatic carbocycles. The molecule has 0 bridgehead atoms. The van der Waals surface area contributed by atoms with E-state index in [1.165, 1.54) is 6.07 Å². The van der Waals surface area contributed by atoms with Crippen LogP contribution in [0.4, 0.5) is 4.39 Å². The minimum absolute atomic E-state index is 0.0927. The van der Waals surface area contributed by atoms with E-state index in [4.69, 9.17) is 14.6 Å². The average Bonchev–Trinajstić information content (AvgIpc) is 3.25. The Morgan fingerprint density at radius 1 is 1.21 bits per heavy atom. The van der Waals surface area contributed by atoms with Crippen molar-refractivity contribution in [1.29, 1.82) is 0 Å². The molecule has 0 saturated carbocycles. The van der Waals surface area contributed by atoms with E-state index in [-0.39, 0.29) is 11.7 Å². The minimum atomic E-state index is -0.216. The molecular formula is C26H33FN4O3. The summed E-state index contributed by atoms with van der Waals surface area (Å²) in [4.78, 5) is 14.8. The molecule has 1 N–H and O–H groups in total. The van der Waals surface area contributed by atoms with Gasteiger partial charge in [-0.25, -0.2) is 4.39 Å². The van der Waals surface area contributed by atoms with Gasteiger partial charge in [0.15, 0.2) is 0 Å². The van der Waals surface area contributed by atoms with Gasteiger partial charge in [0.25, 0.3) is 5.91 Å². The molecule has 1 aliphatic rings. The van der Waals surface area contributed by atoms with Crippen molar-refractivity contribution in [2.45, 2.75) is 32.9 Å². The van der Waals surface area contributed by atoms with Crippen molar-refractivity contribution in [3.8, 4) is 5.75 Å². The second-order valence-electron chi connectivity index (χ2n) is 8.95. The molecule has 1 aromatic heterocycles. The number of aromatic nitrogens is 2. The van der Waals surface area contributed by atoms with E-state index in [1.54, 1.807) is 14.2 Å². The predicted molar refractivity (Wildman–Crippen MR) is 130 cm³/mol. The van der Waals surface area contributed by atoms with E-state index in [0.29, 0.717) is 42.5 Å². The van der Waals surface area contributed by atoms with E-state index < -0.39 is 0 Å². The van der Waals surface area contributed by atoms with Crippen LogP contribution in [0.1, 0.15) is 34.3 Å². The fourth-order valence-electron chi connectivity index (χ4n) is 4.60. The monoisotopic (exact) mass is 468 g/mol. The van der Waals surface area contributed by atoms with Crippen LogP contribution in [0, 0.1) is 18.7 Å². The highest BCUT2D eigenvalue weighted by atomic mass is 19.1. The van der Waals surface area contributed by atoms with E-state index in [1.807, 2.05) is 35.9 Å². The number of nitrogens with zero attached hydrogens (tertiary/aromatic N) is 3. The summed E-state index contributed by atoms with van der Waals surface area (Å²) in [5, 5.41) is 8.64. The van der Waals surface area contributed by atoms with E-state index in [2.05, 4.69) is 16.4 Å². The standard InChI is InChI=1S/C26H33FN4O3/c1-18-22(26(32)28-10-13-33-2)6-7-25-23(18)17-31(29-25)15-19-8-11-30(12-9-19)16-20-4-5-21(34-3)14-24(20)27/h4-7,14,17,19H,8-13,15-16H2,1-3H3,(H,28,32). The van der Waals surface area contributed by atoms with Crippen LogP contribution in [0.15, 0.2) is 36.5 Å². The number of aryl methyl sites for hydroxylation is 1. The number of likely N-dealkylation sites (tertiary alicyclic amines) is 1. The number of carbonyl (C=O) groups excluding carboxylic acids is 1. The zero-order valence-electron chi connectivity index (χ0n) is 20.1. The van der Waals surface area contributed by atoms with E-state index >= 15 is 0 Å². The fourth-order valence-corrected chi connectivity index (χ4v) is 4.60. The topological polar surface area (TPSA) is 68.6 Å². The Morgan fingerprint density at radius 3 is 2.71 bits per heavy atom. The van der Waals surface area contributed by atoms with E-state index in [9.17, 15) is 9.18 Å². The Hall–Kier alpha value is -2.97. The lowest BCUT2D eigenvalue weighted by molar-refractivity contribution is 0.0936. The summed E-state index contributed by atoms with van der Waals surface area (Å²) in [5.74, 6) is 0.751. The third kappa shape index (κ3) is 5.56. The van der Waals surface area contributed by atoms with Crippen LogP contribution in [0.3, 0.4) is 0 Å². The van der Waals surface area contributed by atoms with Crippen LogP contribution < -0.4 is 10.1 Å². The van der Waals surface area contributed by atoms with Gasteiger partial charge >= 0.3 is 0 Å². The number of halogens is 1. The number of hydrogen-bond acceptors (Lipinski definition) is 5. The Labute approximate surface area is 199 Å². The number of hydrogen-bond donors (Lipinski definition) is 1. The molecule has 2 heterocycles. The van der Waals surface area contributed by atoms with Crippen molar-refractivity contribution in [2.24, 2.45) is 5.92 Å². The molecule has 1 amide bonds. The number of piperidine rings is 1. The van der Waals surface area contributed by atoms with Crippen molar-refractivity contribution in [1.82, 2.24) is 20.0 Å². The quantitative estimate of drug-likeness (QED) is 0.484. The first-order chi connectivity index (χ1) is 16.5. The van der Waals surface area contributed by atoms with Crippen molar-refractivity contribution in [3.05, 3.63) is 59.0 Å². The van der Waals surface area contributed by atoms with Crippen LogP contribution >= 0.6 is 0 Å². The van der Waals surface area contributed by atoms with Crippen molar-refractivity contribution >= 4 is 16.8 Å². The highest BCUT2D eigenvalue weighted by molar-refractivity contribution is 6.00. The van der Waals surface area contributed by atoms with Crippen LogP contribution in [0.25, 0.3) is 10.9 Å². The minimum Gasteiger partial charge on any atom is -0.497 e. The third-order valence-corrected chi connectivity index (χ3v) is 6.65. The zero-order chi connectivity index (χ0) is 24.1. The van der Waals surface area contributed by atoms with Gasteiger partial charge in [-0.15, -0.1) is 0 Å². The number of nitrogens with one attached hydrogen (secondary N) is 1. The third-order valence-electron chi connectivity index (χ3n) is 6.65. The number of carbonyl (C=O) groups is 1. The highest BCUT2D eigenvalue weighted by Crippen LogP contribution is 2.25. The summed E-state index contributed by atoms with van der Waals surface area (Å²) < 4.78 is 26.4. The zero-order valence-corrected chi connectivity index (χ0v) is 20.1. The van der Waals surface area contributed by atoms with Crippen molar-refractivity contribution < 1.29 is 18.7 Å². The number of ether oxygens (including phenoxy) is 2. The SMILES string of the molecule is COCCNC(=O)c1ccc2nn(CC3CCN(Cc4ccc(OC)cc4F)CC3)cc2c1C. The fraction of sp³-hybridized carbons (Fsp3) is 0.462. The van der Waals surface area contributed by atoms with Gasteiger partial charge in [0.1, 0.15) is 11.6 Å². The molecule has 3 aromatic rings. The molecule has 0 atom stereocenters. The van der Waals surface area contributed by atoms with Gasteiger partial charge in [-0.1, -0.05) is 6.07 Å². The number of rotatable bonds is 9. The molecule has 1 saturated heterocycles. The molecule has 1 fully saturated rings. The maximum atomic E-state index is 14.3. The first-order valence-corrected chi connectivity index (χ1v) is 11.8. The normalized spacial score (nSPS) is 15.1. The summed E-state index contributed by atoms with van der Waals surface area (Å²) >= 11 is 0. The summed E-state index contributed by atoms with van der Waals surface area (Å²) in [6.45, 7) is 6.26. The predicted octanol–water partition coefficient (Wildman–Crippen LogP) is 3.78. The second kappa shape index (κ2) is 11.0. The highest BCUT2D eigenvalue weighted by Gasteiger charge is 2.21. The van der Waals surface area contributed by atoms with Gasteiger partial charge in [0, 0.05) is 55.5 Å². The summed E-state index contributed by atoms with van der Waals surface area (Å²) in [6, 6.07) is 8.82. The smallest absolute Gasteiger partial charge is 0.251 e. The van der Waals surface area contributed by atoms with Gasteiger partial charge in [0.2, 0.25) is 0 Å². The van der Waals surface area contributed by atoms with Gasteiger partial charge in [-0.05, 0) is 62.5 Å². The van der Waals surface area contributed by atoms with Gasteiger partial charge < -0.3 is 14.8 Å². The van der Waals surface area contributed by atoms with Crippen LogP contribution in [-0.2, 0) is 17.8 Å². The van der Waals surface area contributed by atoms with Crippen LogP contribution in [0.5, 0.6) is 5.75 Å². The molecule has 182 valence electrons. The first-order valence-electron chi connectivity index (χ1n) is 11.8. The summed E-state index contributed by atoms with van der Waals surface area (Å²) in [6.07, 6.45) is 4.13. The number of fused-ring (bicyclic) bond motifs is 1. The lowest BCUT2D eigenvalue weighted by Gasteiger charge is -2.32. The molecule has 1 aliphatic heterocycles. The molecule has 2 aromatic carbocycles. The summed E-state index contributed by atoms with van der Waals surface area (Å²) in [7, 11) is 3.16. The van der Waals surface area contributed by atoms with Gasteiger partial charge in [0.05, 0.1) is 19.2 Å². The van der Waals surface area contributed by atoms with Crippen LogP contribution in [-0.4, -0.2) is 61.0 Å². The van der Waals surface area contributed by atoms with Gasteiger partial charge in [-0.3, -0.25) is 14.4 Å². The largest absolute Gasteiger partial charge is 0.497 e. The molecule has 0 unspecified atom stereocenters. The molecule has 0 radical (unpaired) electrons. The molecule has 0 spiro atoms. The Balaban J connectivity index is 1.34. The average molecular weight is 469 g/mol. The summed E-state index contributed by atoms with van der Waals surface area (Å²) in [5.41, 5.74) is 3.21. The Kier molecular flexibility index (Phi) is 7.80. The first kappa shape index (κ1) is 24.2.